The molecule has 3 aromatic rings. The van der Waals surface area contributed by atoms with Crippen LogP contribution in [-0.4, -0.2) is 27.6 Å². The van der Waals surface area contributed by atoms with Crippen LogP contribution in [0.3, 0.4) is 0 Å². The van der Waals surface area contributed by atoms with Crippen molar-refractivity contribution in [1.29, 1.82) is 0 Å². The van der Waals surface area contributed by atoms with Crippen LogP contribution in [-0.2, 0) is 6.54 Å². The fourth-order valence-electron chi connectivity index (χ4n) is 3.76. The van der Waals surface area contributed by atoms with Crippen LogP contribution >= 0.6 is 0 Å². The number of nitrogens with zero attached hydrogens (tertiary/aromatic N) is 1. The highest BCUT2D eigenvalue weighted by Gasteiger charge is 2.27. The second-order valence-corrected chi connectivity index (χ2v) is 6.56. The molecule has 0 atom stereocenters. The van der Waals surface area contributed by atoms with E-state index in [4.69, 9.17) is 23.7 Å². The summed E-state index contributed by atoms with van der Waals surface area (Å²) in [6.45, 7) is 1.73. The summed E-state index contributed by atoms with van der Waals surface area (Å²) < 4.78 is 30.4. The van der Waals surface area contributed by atoms with E-state index < -0.39 is 0 Å². The fraction of sp³-hybridized carbons (Fsp3) is 0.286. The third kappa shape index (κ3) is 2.51. The fourth-order valence-corrected chi connectivity index (χ4v) is 3.76. The van der Waals surface area contributed by atoms with Crippen LogP contribution in [0.2, 0.25) is 0 Å². The van der Waals surface area contributed by atoms with Crippen molar-refractivity contribution in [3.05, 3.63) is 36.5 Å². The van der Waals surface area contributed by atoms with E-state index in [0.29, 0.717) is 6.61 Å². The van der Waals surface area contributed by atoms with Crippen LogP contribution in [0.1, 0.15) is 6.42 Å². The highest BCUT2D eigenvalue weighted by Crippen LogP contribution is 2.43. The Morgan fingerprint density at radius 1 is 0.926 bits per heavy atom. The Kier molecular flexibility index (Phi) is 3.70. The number of benzene rings is 2. The number of pyridine rings is 1. The van der Waals surface area contributed by atoms with Crippen molar-refractivity contribution in [2.45, 2.75) is 13.0 Å². The molecule has 27 heavy (non-hydrogen) atoms. The predicted octanol–water partition coefficient (Wildman–Crippen LogP) is 3.32. The monoisotopic (exact) mass is 366 g/mol. The molecule has 3 heterocycles. The molecule has 0 aliphatic carbocycles. The molecule has 0 bridgehead atoms. The number of fused-ring (bicyclic) bond motifs is 5. The van der Waals surface area contributed by atoms with Crippen LogP contribution in [0.25, 0.3) is 22.0 Å². The summed E-state index contributed by atoms with van der Waals surface area (Å²) in [6, 6.07) is 10.1. The van der Waals surface area contributed by atoms with E-state index in [1.165, 1.54) is 0 Å². The lowest BCUT2D eigenvalue weighted by Crippen LogP contribution is -2.37. The first-order valence-corrected chi connectivity index (χ1v) is 8.93. The van der Waals surface area contributed by atoms with Gasteiger partial charge in [-0.2, -0.15) is 4.57 Å². The molecule has 6 heteroatoms. The third-order valence-electron chi connectivity index (χ3n) is 5.06. The number of hydrogen-bond acceptors (Lipinski definition) is 5. The second kappa shape index (κ2) is 6.23. The molecule has 6 nitrogen and oxygen atoms in total. The highest BCUT2D eigenvalue weighted by atomic mass is 16.7. The first-order chi connectivity index (χ1) is 13.3. The zero-order valence-corrected chi connectivity index (χ0v) is 15.3. The van der Waals surface area contributed by atoms with Crippen molar-refractivity contribution < 1.29 is 28.3 Å². The minimum Gasteiger partial charge on any atom is -0.493 e. The van der Waals surface area contributed by atoms with Crippen molar-refractivity contribution in [3.8, 4) is 40.0 Å². The quantitative estimate of drug-likeness (QED) is 0.651. The van der Waals surface area contributed by atoms with E-state index in [9.17, 15) is 0 Å². The van der Waals surface area contributed by atoms with Gasteiger partial charge < -0.3 is 23.7 Å². The summed E-state index contributed by atoms with van der Waals surface area (Å²) in [4.78, 5) is 0. The van der Waals surface area contributed by atoms with Gasteiger partial charge in [0.2, 0.25) is 12.5 Å². The topological polar surface area (TPSA) is 50.0 Å². The van der Waals surface area contributed by atoms with Gasteiger partial charge in [0.05, 0.1) is 31.8 Å². The molecule has 0 fully saturated rings. The first-order valence-electron chi connectivity index (χ1n) is 8.93. The summed E-state index contributed by atoms with van der Waals surface area (Å²) >= 11 is 0. The second-order valence-electron chi connectivity index (χ2n) is 6.56. The molecule has 0 spiro atoms. The average Bonchev–Trinajstić information content (AvgIpc) is 3.15. The van der Waals surface area contributed by atoms with Crippen LogP contribution < -0.4 is 28.3 Å². The summed E-state index contributed by atoms with van der Waals surface area (Å²) in [6.07, 6.45) is 3.04. The van der Waals surface area contributed by atoms with E-state index >= 15 is 0 Å². The van der Waals surface area contributed by atoms with Crippen molar-refractivity contribution in [2.75, 3.05) is 27.6 Å². The molecule has 5 rings (SSSR count). The molecule has 138 valence electrons. The van der Waals surface area contributed by atoms with E-state index in [1.54, 1.807) is 14.2 Å². The maximum absolute atomic E-state index is 6.01. The van der Waals surface area contributed by atoms with Crippen LogP contribution in [0.15, 0.2) is 36.5 Å². The molecule has 0 unspecified atom stereocenters. The Morgan fingerprint density at radius 2 is 1.78 bits per heavy atom. The van der Waals surface area contributed by atoms with Gasteiger partial charge in [-0.1, -0.05) is 0 Å². The average molecular weight is 366 g/mol. The van der Waals surface area contributed by atoms with Crippen LogP contribution in [0.4, 0.5) is 0 Å². The molecular weight excluding hydrogens is 346 g/mol. The van der Waals surface area contributed by atoms with Gasteiger partial charge in [0, 0.05) is 24.6 Å². The van der Waals surface area contributed by atoms with E-state index in [-0.39, 0.29) is 6.79 Å². The van der Waals surface area contributed by atoms with Crippen molar-refractivity contribution >= 4 is 10.8 Å². The smallest absolute Gasteiger partial charge is 0.231 e. The van der Waals surface area contributed by atoms with Crippen LogP contribution in [0.5, 0.6) is 28.7 Å². The lowest BCUT2D eigenvalue weighted by atomic mass is 10.0. The molecule has 0 N–H and O–H groups in total. The molecular formula is C21H20NO5+. The van der Waals surface area contributed by atoms with Gasteiger partial charge in [-0.25, -0.2) is 0 Å². The maximum Gasteiger partial charge on any atom is 0.231 e. The van der Waals surface area contributed by atoms with Gasteiger partial charge in [-0.05, 0) is 17.5 Å². The molecule has 2 aliphatic rings. The van der Waals surface area contributed by atoms with Crippen molar-refractivity contribution in [3.63, 3.8) is 0 Å². The Bertz CT molecular complexity index is 1050. The Labute approximate surface area is 156 Å². The number of rotatable bonds is 2. The van der Waals surface area contributed by atoms with Gasteiger partial charge in [0.1, 0.15) is 5.75 Å². The van der Waals surface area contributed by atoms with Crippen molar-refractivity contribution in [1.82, 2.24) is 0 Å². The molecule has 0 saturated carbocycles. The number of hydrogen-bond donors (Lipinski definition) is 0. The maximum atomic E-state index is 6.01. The number of aryl methyl sites for hydroxylation is 1. The molecule has 0 amide bonds. The molecule has 2 aromatic carbocycles. The normalized spacial score (nSPS) is 14.6. The Hall–Kier alpha value is -3.15. The Balaban J connectivity index is 1.77. The van der Waals surface area contributed by atoms with Gasteiger partial charge >= 0.3 is 0 Å². The van der Waals surface area contributed by atoms with Crippen LogP contribution in [0, 0.1) is 0 Å². The zero-order chi connectivity index (χ0) is 18.4. The van der Waals surface area contributed by atoms with Gasteiger partial charge in [0.25, 0.3) is 0 Å². The molecule has 2 aliphatic heterocycles. The first kappa shape index (κ1) is 16.1. The summed E-state index contributed by atoms with van der Waals surface area (Å²) in [5, 5.41) is 2.09. The predicted molar refractivity (Wildman–Crippen MR) is 98.9 cm³/mol. The molecule has 0 radical (unpaired) electrons. The number of ether oxygens (including phenoxy) is 5. The van der Waals surface area contributed by atoms with Gasteiger partial charge in [-0.15, -0.1) is 0 Å². The van der Waals surface area contributed by atoms with Gasteiger partial charge in [0.15, 0.2) is 35.7 Å². The summed E-state index contributed by atoms with van der Waals surface area (Å²) in [5.41, 5.74) is 2.07. The van der Waals surface area contributed by atoms with Crippen molar-refractivity contribution in [2.24, 2.45) is 0 Å². The van der Waals surface area contributed by atoms with E-state index in [2.05, 4.69) is 16.8 Å². The standard InChI is InChI=1S/C21H20NO5/c1-23-17-5-4-13-8-16-14-9-19-20(27-12-26-19)10-18(14)25-7-3-6-22(16)11-15(13)21(17)24-2/h4-5,8-11H,3,6-7,12H2,1-2H3/q+1. The SMILES string of the molecule is COc1ccc2cc3[n+](cc2c1OC)CCCOc1cc2c(cc1-3)OCO2. The lowest BCUT2D eigenvalue weighted by Gasteiger charge is -2.17. The zero-order valence-electron chi connectivity index (χ0n) is 15.3. The largest absolute Gasteiger partial charge is 0.493 e. The van der Waals surface area contributed by atoms with E-state index in [0.717, 1.165) is 63.7 Å². The Morgan fingerprint density at radius 3 is 2.59 bits per heavy atom. The number of aromatic nitrogens is 1. The molecule has 0 saturated heterocycles. The van der Waals surface area contributed by atoms with E-state index in [1.807, 2.05) is 24.3 Å². The van der Waals surface area contributed by atoms with Gasteiger partial charge in [-0.3, -0.25) is 0 Å². The number of methoxy groups -OCH3 is 2. The lowest BCUT2D eigenvalue weighted by molar-refractivity contribution is -0.685. The molecule has 1 aromatic heterocycles. The minimum absolute atomic E-state index is 0.243. The minimum atomic E-state index is 0.243. The summed E-state index contributed by atoms with van der Waals surface area (Å²) in [7, 11) is 3.32. The third-order valence-corrected chi connectivity index (χ3v) is 5.06. The highest BCUT2D eigenvalue weighted by molar-refractivity contribution is 5.91. The summed E-state index contributed by atoms with van der Waals surface area (Å²) in [5.74, 6) is 3.76.